The molecule has 2 heterocycles. The maximum atomic E-state index is 4.27. The Labute approximate surface area is 89.0 Å². The third-order valence-electron chi connectivity index (χ3n) is 2.18. The van der Waals surface area contributed by atoms with Gasteiger partial charge in [0.05, 0.1) is 18.4 Å². The van der Waals surface area contributed by atoms with Crippen molar-refractivity contribution in [2.45, 2.75) is 6.54 Å². The molecule has 15 heavy (non-hydrogen) atoms. The van der Waals surface area contributed by atoms with Crippen LogP contribution in [0.2, 0.25) is 0 Å². The second-order valence-electron chi connectivity index (χ2n) is 3.31. The monoisotopic (exact) mass is 202 g/mol. The number of nitrogens with zero attached hydrogens (tertiary/aromatic N) is 3. The summed E-state index contributed by atoms with van der Waals surface area (Å²) in [5.74, 6) is 0. The van der Waals surface area contributed by atoms with Gasteiger partial charge in [-0.2, -0.15) is 5.10 Å². The van der Waals surface area contributed by atoms with E-state index in [0.29, 0.717) is 0 Å². The molecule has 2 aromatic heterocycles. The van der Waals surface area contributed by atoms with E-state index in [4.69, 9.17) is 0 Å². The first-order chi connectivity index (χ1) is 7.40. The van der Waals surface area contributed by atoms with Crippen molar-refractivity contribution in [3.8, 4) is 11.3 Å². The minimum Gasteiger partial charge on any atom is -0.318 e. The topological polar surface area (TPSA) is 42.7 Å². The van der Waals surface area contributed by atoms with Crippen LogP contribution in [-0.2, 0) is 6.54 Å². The zero-order chi connectivity index (χ0) is 10.5. The molecule has 2 aromatic rings. The molecular weight excluding hydrogens is 188 g/mol. The van der Waals surface area contributed by atoms with Crippen LogP contribution < -0.4 is 5.32 Å². The lowest BCUT2D eigenvalue weighted by Crippen LogP contribution is -2.14. The Morgan fingerprint density at radius 3 is 3.07 bits per heavy atom. The Morgan fingerprint density at radius 1 is 1.40 bits per heavy atom. The van der Waals surface area contributed by atoms with Gasteiger partial charge in [0.2, 0.25) is 0 Å². The van der Waals surface area contributed by atoms with Crippen LogP contribution in [0.15, 0.2) is 36.8 Å². The Hall–Kier alpha value is -1.68. The van der Waals surface area contributed by atoms with Gasteiger partial charge in [-0.3, -0.25) is 9.67 Å². The molecule has 0 aromatic carbocycles. The second-order valence-corrected chi connectivity index (χ2v) is 3.31. The van der Waals surface area contributed by atoms with Gasteiger partial charge in [0.15, 0.2) is 0 Å². The molecule has 0 aliphatic carbocycles. The zero-order valence-corrected chi connectivity index (χ0v) is 8.72. The Morgan fingerprint density at radius 2 is 2.33 bits per heavy atom. The van der Waals surface area contributed by atoms with Crippen molar-refractivity contribution in [3.05, 3.63) is 36.8 Å². The van der Waals surface area contributed by atoms with Crippen LogP contribution in [0.5, 0.6) is 0 Å². The van der Waals surface area contributed by atoms with E-state index in [1.165, 1.54) is 0 Å². The number of rotatable bonds is 4. The van der Waals surface area contributed by atoms with Crippen LogP contribution in [0.3, 0.4) is 0 Å². The number of hydrogen-bond acceptors (Lipinski definition) is 3. The summed E-state index contributed by atoms with van der Waals surface area (Å²) in [6, 6.07) is 5.88. The summed E-state index contributed by atoms with van der Waals surface area (Å²) < 4.78 is 1.92. The van der Waals surface area contributed by atoms with E-state index in [-0.39, 0.29) is 0 Å². The summed E-state index contributed by atoms with van der Waals surface area (Å²) in [5, 5.41) is 7.36. The van der Waals surface area contributed by atoms with Gasteiger partial charge in [0.25, 0.3) is 0 Å². The summed E-state index contributed by atoms with van der Waals surface area (Å²) in [7, 11) is 1.93. The van der Waals surface area contributed by atoms with Gasteiger partial charge in [0, 0.05) is 24.5 Å². The highest BCUT2D eigenvalue weighted by Gasteiger charge is 2.01. The number of nitrogens with one attached hydrogen (secondary N) is 1. The molecule has 0 radical (unpaired) electrons. The van der Waals surface area contributed by atoms with Crippen molar-refractivity contribution in [1.29, 1.82) is 0 Å². The maximum Gasteiger partial charge on any atom is 0.0733 e. The minimum atomic E-state index is 0.878. The largest absolute Gasteiger partial charge is 0.318 e. The molecule has 0 unspecified atom stereocenters. The van der Waals surface area contributed by atoms with Crippen molar-refractivity contribution in [2.24, 2.45) is 0 Å². The first-order valence-corrected chi connectivity index (χ1v) is 4.98. The zero-order valence-electron chi connectivity index (χ0n) is 8.72. The Bertz CT molecular complexity index is 408. The second kappa shape index (κ2) is 4.70. The van der Waals surface area contributed by atoms with Crippen molar-refractivity contribution >= 4 is 0 Å². The van der Waals surface area contributed by atoms with Gasteiger partial charge in [-0.1, -0.05) is 6.07 Å². The predicted octanol–water partition coefficient (Wildman–Crippen LogP) is 1.16. The van der Waals surface area contributed by atoms with Crippen LogP contribution in [0.1, 0.15) is 0 Å². The van der Waals surface area contributed by atoms with Gasteiger partial charge in [-0.05, 0) is 19.2 Å². The number of hydrogen-bond donors (Lipinski definition) is 1. The van der Waals surface area contributed by atoms with E-state index in [0.717, 1.165) is 24.3 Å². The highest BCUT2D eigenvalue weighted by molar-refractivity contribution is 5.56. The highest BCUT2D eigenvalue weighted by atomic mass is 15.3. The van der Waals surface area contributed by atoms with E-state index < -0.39 is 0 Å². The Balaban J connectivity index is 2.14. The van der Waals surface area contributed by atoms with Gasteiger partial charge in [-0.25, -0.2) is 0 Å². The van der Waals surface area contributed by atoms with E-state index in [1.807, 2.05) is 42.3 Å². The number of pyridine rings is 1. The van der Waals surface area contributed by atoms with E-state index in [1.54, 1.807) is 6.20 Å². The first-order valence-electron chi connectivity index (χ1n) is 4.98. The molecule has 0 atom stereocenters. The van der Waals surface area contributed by atoms with Crippen molar-refractivity contribution in [1.82, 2.24) is 20.1 Å². The molecule has 0 aliphatic heterocycles. The summed E-state index contributed by atoms with van der Waals surface area (Å²) in [6.45, 7) is 1.80. The number of aromatic nitrogens is 3. The molecule has 0 fully saturated rings. The fourth-order valence-corrected chi connectivity index (χ4v) is 1.38. The van der Waals surface area contributed by atoms with Crippen LogP contribution in [0.25, 0.3) is 11.3 Å². The molecule has 0 aliphatic rings. The van der Waals surface area contributed by atoms with E-state index >= 15 is 0 Å². The lowest BCUT2D eigenvalue weighted by atomic mass is 10.2. The van der Waals surface area contributed by atoms with Crippen molar-refractivity contribution < 1.29 is 0 Å². The van der Waals surface area contributed by atoms with Crippen LogP contribution in [0, 0.1) is 0 Å². The molecule has 2 rings (SSSR count). The van der Waals surface area contributed by atoms with Crippen LogP contribution >= 0.6 is 0 Å². The van der Waals surface area contributed by atoms with Crippen molar-refractivity contribution in [3.63, 3.8) is 0 Å². The van der Waals surface area contributed by atoms with Gasteiger partial charge in [0.1, 0.15) is 0 Å². The SMILES string of the molecule is CNCCn1cc(-c2ccccn2)cn1. The average molecular weight is 202 g/mol. The van der Waals surface area contributed by atoms with Gasteiger partial charge >= 0.3 is 0 Å². The molecule has 0 amide bonds. The fourth-order valence-electron chi connectivity index (χ4n) is 1.38. The summed E-state index contributed by atoms with van der Waals surface area (Å²) in [5.41, 5.74) is 2.03. The molecule has 0 saturated heterocycles. The molecule has 4 nitrogen and oxygen atoms in total. The molecule has 0 bridgehead atoms. The maximum absolute atomic E-state index is 4.27. The smallest absolute Gasteiger partial charge is 0.0733 e. The van der Waals surface area contributed by atoms with Crippen LogP contribution in [-0.4, -0.2) is 28.4 Å². The Kier molecular flexibility index (Phi) is 3.09. The minimum absolute atomic E-state index is 0.878. The van der Waals surface area contributed by atoms with Gasteiger partial charge < -0.3 is 5.32 Å². The first kappa shape index (κ1) is 9.86. The lowest BCUT2D eigenvalue weighted by molar-refractivity contribution is 0.585. The molecular formula is C11H14N4. The molecule has 0 saturated carbocycles. The van der Waals surface area contributed by atoms with E-state index in [2.05, 4.69) is 15.4 Å². The van der Waals surface area contributed by atoms with Crippen molar-refractivity contribution in [2.75, 3.05) is 13.6 Å². The highest BCUT2D eigenvalue weighted by Crippen LogP contribution is 2.14. The molecule has 1 N–H and O–H groups in total. The summed E-state index contributed by atoms with van der Waals surface area (Å²) in [6.07, 6.45) is 5.65. The molecule has 0 spiro atoms. The summed E-state index contributed by atoms with van der Waals surface area (Å²) in [4.78, 5) is 4.27. The normalized spacial score (nSPS) is 10.5. The van der Waals surface area contributed by atoms with Crippen LogP contribution in [0.4, 0.5) is 0 Å². The third-order valence-corrected chi connectivity index (χ3v) is 2.18. The van der Waals surface area contributed by atoms with Gasteiger partial charge in [-0.15, -0.1) is 0 Å². The summed E-state index contributed by atoms with van der Waals surface area (Å²) >= 11 is 0. The molecule has 78 valence electrons. The predicted molar refractivity (Wildman–Crippen MR) is 59.4 cm³/mol. The number of likely N-dealkylation sites (N-methyl/N-ethyl adjacent to an activating group) is 1. The standard InChI is InChI=1S/C11H14N4/c1-12-6-7-15-9-10(8-14-15)11-4-2-3-5-13-11/h2-5,8-9,12H,6-7H2,1H3. The molecule has 4 heteroatoms. The lowest BCUT2D eigenvalue weighted by Gasteiger charge is -1.98. The third kappa shape index (κ3) is 2.41. The van der Waals surface area contributed by atoms with E-state index in [9.17, 15) is 0 Å². The fraction of sp³-hybridized carbons (Fsp3) is 0.273. The average Bonchev–Trinajstić information content (AvgIpc) is 2.76. The quantitative estimate of drug-likeness (QED) is 0.809.